The minimum absolute atomic E-state index is 0.388. The molecule has 0 bridgehead atoms. The van der Waals surface area contributed by atoms with Crippen molar-refractivity contribution in [2.45, 2.75) is 46.5 Å². The Morgan fingerprint density at radius 1 is 1.06 bits per heavy atom. The van der Waals surface area contributed by atoms with Crippen LogP contribution < -0.4 is 0 Å². The molecule has 0 saturated heterocycles. The zero-order valence-electron chi connectivity index (χ0n) is 10.5. The lowest BCUT2D eigenvalue weighted by Gasteiger charge is -2.09. The summed E-state index contributed by atoms with van der Waals surface area (Å²) in [7, 11) is 0. The van der Waals surface area contributed by atoms with Crippen molar-refractivity contribution in [3.8, 4) is 0 Å². The first-order valence-corrected chi connectivity index (χ1v) is 5.76. The molecular formula is C13H18N2O. The second-order valence-corrected chi connectivity index (χ2v) is 4.84. The Hall–Kier alpha value is -1.38. The minimum Gasteiger partial charge on any atom is -0.446 e. The molecule has 0 aliphatic carbocycles. The maximum absolute atomic E-state index is 5.53. The van der Waals surface area contributed by atoms with Gasteiger partial charge in [-0.15, -0.1) is 0 Å². The molecule has 0 amide bonds. The summed E-state index contributed by atoms with van der Waals surface area (Å²) in [6, 6.07) is 0. The predicted molar refractivity (Wildman–Crippen MR) is 64.7 cm³/mol. The highest BCUT2D eigenvalue weighted by molar-refractivity contribution is 5.81. The summed E-state index contributed by atoms with van der Waals surface area (Å²) in [6.07, 6.45) is 1.81. The normalized spacial score (nSPS) is 11.9. The summed E-state index contributed by atoms with van der Waals surface area (Å²) in [5.41, 5.74) is 3.03. The maximum Gasteiger partial charge on any atom is 0.229 e. The SMILES string of the molecule is Cc1nc(C(C)C)c2c(C(C)C)coc2n1. The number of rotatable bonds is 2. The van der Waals surface area contributed by atoms with E-state index in [-0.39, 0.29) is 0 Å². The van der Waals surface area contributed by atoms with Crippen LogP contribution in [0.15, 0.2) is 10.7 Å². The van der Waals surface area contributed by atoms with Gasteiger partial charge in [-0.3, -0.25) is 0 Å². The second-order valence-electron chi connectivity index (χ2n) is 4.84. The fourth-order valence-electron chi connectivity index (χ4n) is 1.95. The van der Waals surface area contributed by atoms with E-state index in [1.165, 1.54) is 5.56 Å². The Morgan fingerprint density at radius 2 is 1.75 bits per heavy atom. The number of hydrogen-bond acceptors (Lipinski definition) is 3. The van der Waals surface area contributed by atoms with Crippen LogP contribution in [0.4, 0.5) is 0 Å². The molecule has 0 N–H and O–H groups in total. The molecule has 0 radical (unpaired) electrons. The quantitative estimate of drug-likeness (QED) is 0.770. The van der Waals surface area contributed by atoms with Gasteiger partial charge in [-0.05, 0) is 18.8 Å². The Kier molecular flexibility index (Phi) is 2.70. The van der Waals surface area contributed by atoms with E-state index in [1.807, 2.05) is 13.2 Å². The third kappa shape index (κ3) is 1.70. The largest absolute Gasteiger partial charge is 0.446 e. The van der Waals surface area contributed by atoms with Crippen molar-refractivity contribution in [1.29, 1.82) is 0 Å². The van der Waals surface area contributed by atoms with Crippen LogP contribution in [0.3, 0.4) is 0 Å². The van der Waals surface area contributed by atoms with Crippen molar-refractivity contribution in [3.63, 3.8) is 0 Å². The van der Waals surface area contributed by atoms with Crippen LogP contribution in [0.5, 0.6) is 0 Å². The smallest absolute Gasteiger partial charge is 0.229 e. The van der Waals surface area contributed by atoms with Gasteiger partial charge in [-0.25, -0.2) is 4.98 Å². The molecule has 0 aliphatic heterocycles. The summed E-state index contributed by atoms with van der Waals surface area (Å²) in [5, 5.41) is 1.11. The van der Waals surface area contributed by atoms with Gasteiger partial charge in [0.2, 0.25) is 5.71 Å². The summed E-state index contributed by atoms with van der Waals surface area (Å²) >= 11 is 0. The first-order valence-electron chi connectivity index (χ1n) is 5.76. The highest BCUT2D eigenvalue weighted by Crippen LogP contribution is 2.31. The van der Waals surface area contributed by atoms with Gasteiger partial charge in [0.25, 0.3) is 0 Å². The molecule has 0 spiro atoms. The Labute approximate surface area is 95.9 Å². The summed E-state index contributed by atoms with van der Waals surface area (Å²) in [6.45, 7) is 10.5. The molecular weight excluding hydrogens is 200 g/mol. The zero-order valence-corrected chi connectivity index (χ0v) is 10.5. The lowest BCUT2D eigenvalue weighted by Crippen LogP contribution is -2.00. The highest BCUT2D eigenvalue weighted by Gasteiger charge is 2.17. The molecule has 3 nitrogen and oxygen atoms in total. The van der Waals surface area contributed by atoms with E-state index in [0.29, 0.717) is 11.8 Å². The second kappa shape index (κ2) is 3.89. The fourth-order valence-corrected chi connectivity index (χ4v) is 1.95. The van der Waals surface area contributed by atoms with Crippen molar-refractivity contribution < 1.29 is 4.42 Å². The molecule has 2 aromatic heterocycles. The van der Waals surface area contributed by atoms with Crippen LogP contribution in [-0.4, -0.2) is 9.97 Å². The van der Waals surface area contributed by atoms with Crippen molar-refractivity contribution in [1.82, 2.24) is 9.97 Å². The van der Waals surface area contributed by atoms with E-state index in [9.17, 15) is 0 Å². The first-order chi connectivity index (χ1) is 7.50. The summed E-state index contributed by atoms with van der Waals surface area (Å²) in [4.78, 5) is 8.89. The summed E-state index contributed by atoms with van der Waals surface area (Å²) < 4.78 is 5.53. The number of aryl methyl sites for hydroxylation is 1. The van der Waals surface area contributed by atoms with E-state index in [4.69, 9.17) is 4.42 Å². The third-order valence-electron chi connectivity index (χ3n) is 2.77. The zero-order chi connectivity index (χ0) is 11.9. The number of furan rings is 1. The minimum atomic E-state index is 0.388. The average Bonchev–Trinajstić information content (AvgIpc) is 2.59. The van der Waals surface area contributed by atoms with Crippen LogP contribution in [-0.2, 0) is 0 Å². The summed E-state index contributed by atoms with van der Waals surface area (Å²) in [5.74, 6) is 1.60. The van der Waals surface area contributed by atoms with Crippen LogP contribution in [0.1, 0.15) is 56.6 Å². The standard InChI is InChI=1S/C13H18N2O/c1-7(2)10-6-16-13-11(10)12(8(3)4)14-9(5)15-13/h6-8H,1-5H3. The van der Waals surface area contributed by atoms with E-state index < -0.39 is 0 Å². The molecule has 2 rings (SSSR count). The topological polar surface area (TPSA) is 38.9 Å². The molecule has 0 saturated carbocycles. The van der Waals surface area contributed by atoms with Gasteiger partial charge >= 0.3 is 0 Å². The molecule has 3 heteroatoms. The maximum atomic E-state index is 5.53. The van der Waals surface area contributed by atoms with E-state index in [0.717, 1.165) is 22.6 Å². The average molecular weight is 218 g/mol. The van der Waals surface area contributed by atoms with E-state index in [1.54, 1.807) is 0 Å². The van der Waals surface area contributed by atoms with Gasteiger partial charge < -0.3 is 4.42 Å². The molecule has 86 valence electrons. The highest BCUT2D eigenvalue weighted by atomic mass is 16.3. The van der Waals surface area contributed by atoms with Crippen molar-refractivity contribution in [2.75, 3.05) is 0 Å². The van der Waals surface area contributed by atoms with Gasteiger partial charge in [0.15, 0.2) is 0 Å². The van der Waals surface area contributed by atoms with Crippen molar-refractivity contribution in [3.05, 3.63) is 23.3 Å². The van der Waals surface area contributed by atoms with Crippen molar-refractivity contribution in [2.24, 2.45) is 0 Å². The molecule has 0 fully saturated rings. The third-order valence-corrected chi connectivity index (χ3v) is 2.77. The van der Waals surface area contributed by atoms with Crippen LogP contribution in [0, 0.1) is 6.92 Å². The molecule has 0 aromatic carbocycles. The number of fused-ring (bicyclic) bond motifs is 1. The van der Waals surface area contributed by atoms with Crippen molar-refractivity contribution >= 4 is 11.1 Å². The lowest BCUT2D eigenvalue weighted by molar-refractivity contribution is 0.592. The van der Waals surface area contributed by atoms with Crippen LogP contribution >= 0.6 is 0 Å². The predicted octanol–water partition coefficient (Wildman–Crippen LogP) is 3.78. The molecule has 0 unspecified atom stereocenters. The van der Waals surface area contributed by atoms with Gasteiger partial charge in [0.1, 0.15) is 5.82 Å². The Morgan fingerprint density at radius 3 is 2.31 bits per heavy atom. The van der Waals surface area contributed by atoms with E-state index >= 15 is 0 Å². The molecule has 0 aliphatic rings. The molecule has 2 aromatic rings. The van der Waals surface area contributed by atoms with Gasteiger partial charge in [-0.1, -0.05) is 27.7 Å². The molecule has 0 atom stereocenters. The van der Waals surface area contributed by atoms with Gasteiger partial charge in [0.05, 0.1) is 17.3 Å². The van der Waals surface area contributed by atoms with E-state index in [2.05, 4.69) is 37.7 Å². The van der Waals surface area contributed by atoms with Crippen LogP contribution in [0.2, 0.25) is 0 Å². The Balaban J connectivity index is 2.79. The lowest BCUT2D eigenvalue weighted by atomic mass is 9.98. The Bertz CT molecular complexity index is 512. The van der Waals surface area contributed by atoms with Gasteiger partial charge in [-0.2, -0.15) is 4.98 Å². The first kappa shape index (κ1) is 11.1. The molecule has 2 heterocycles. The fraction of sp³-hybridized carbons (Fsp3) is 0.538. The number of aromatic nitrogens is 2. The number of hydrogen-bond donors (Lipinski definition) is 0. The van der Waals surface area contributed by atoms with Gasteiger partial charge in [0, 0.05) is 5.56 Å². The van der Waals surface area contributed by atoms with Crippen LogP contribution in [0.25, 0.3) is 11.1 Å². The molecule has 16 heavy (non-hydrogen) atoms. The monoisotopic (exact) mass is 218 g/mol. The number of nitrogens with zero attached hydrogens (tertiary/aromatic N) is 2.